The summed E-state index contributed by atoms with van der Waals surface area (Å²) in [5.74, 6) is 0. The predicted molar refractivity (Wildman–Crippen MR) is 90.1 cm³/mol. The van der Waals surface area contributed by atoms with Gasteiger partial charge in [-0.05, 0) is 65.2 Å². The lowest BCUT2D eigenvalue weighted by molar-refractivity contribution is 0.789. The summed E-state index contributed by atoms with van der Waals surface area (Å²) in [7, 11) is 0. The normalized spacial score (nSPS) is 12.2. The molecular formula is C15H14Br2ClN. The highest BCUT2D eigenvalue weighted by Crippen LogP contribution is 2.26. The molecule has 19 heavy (non-hydrogen) atoms. The van der Waals surface area contributed by atoms with Gasteiger partial charge in [0.05, 0.1) is 0 Å². The van der Waals surface area contributed by atoms with Crippen LogP contribution in [0.3, 0.4) is 0 Å². The molecule has 2 rings (SSSR count). The Labute approximate surface area is 135 Å². The first kappa shape index (κ1) is 14.9. The fourth-order valence-electron chi connectivity index (χ4n) is 1.90. The second kappa shape index (κ2) is 6.78. The molecule has 1 atom stereocenters. The highest BCUT2D eigenvalue weighted by atomic mass is 79.9. The quantitative estimate of drug-likeness (QED) is 0.669. The summed E-state index contributed by atoms with van der Waals surface area (Å²) in [4.78, 5) is 0. The number of rotatable bonds is 4. The molecule has 0 aliphatic rings. The van der Waals surface area contributed by atoms with Gasteiger partial charge in [-0.1, -0.05) is 39.7 Å². The minimum Gasteiger partial charge on any atom is -0.381 e. The van der Waals surface area contributed by atoms with Crippen molar-refractivity contribution in [2.75, 3.05) is 5.32 Å². The van der Waals surface area contributed by atoms with Crippen LogP contribution in [0.15, 0.2) is 51.4 Å². The van der Waals surface area contributed by atoms with Gasteiger partial charge in [-0.25, -0.2) is 0 Å². The monoisotopic (exact) mass is 401 g/mol. The van der Waals surface area contributed by atoms with Crippen LogP contribution in [0.2, 0.25) is 5.02 Å². The molecule has 0 bridgehead atoms. The molecule has 1 unspecified atom stereocenters. The highest BCUT2D eigenvalue weighted by Gasteiger charge is 2.06. The van der Waals surface area contributed by atoms with Gasteiger partial charge in [0, 0.05) is 25.7 Å². The summed E-state index contributed by atoms with van der Waals surface area (Å²) < 4.78 is 2.10. The molecule has 0 aliphatic carbocycles. The second-order valence-corrected chi connectivity index (χ2v) is 6.71. The molecule has 1 nitrogen and oxygen atoms in total. The van der Waals surface area contributed by atoms with Gasteiger partial charge in [-0.3, -0.25) is 0 Å². The van der Waals surface area contributed by atoms with Gasteiger partial charge in [0.15, 0.2) is 0 Å². The maximum Gasteiger partial charge on any atom is 0.0487 e. The highest BCUT2D eigenvalue weighted by molar-refractivity contribution is 9.10. The number of hydrogen-bond acceptors (Lipinski definition) is 1. The van der Waals surface area contributed by atoms with Crippen LogP contribution in [-0.2, 0) is 6.42 Å². The number of nitrogens with one attached hydrogen (secondary N) is 1. The summed E-state index contributed by atoms with van der Waals surface area (Å²) in [6.45, 7) is 2.17. The largest absolute Gasteiger partial charge is 0.381 e. The smallest absolute Gasteiger partial charge is 0.0487 e. The van der Waals surface area contributed by atoms with E-state index in [9.17, 15) is 0 Å². The molecule has 2 aromatic rings. The molecule has 0 saturated heterocycles. The Morgan fingerprint density at radius 2 is 1.79 bits per heavy atom. The SMILES string of the molecule is CC(Cc1ccc(Br)cc1)Nc1ccc(Cl)cc1Br. The zero-order valence-corrected chi connectivity index (χ0v) is 14.4. The molecule has 0 heterocycles. The topological polar surface area (TPSA) is 12.0 Å². The van der Waals surface area contributed by atoms with E-state index in [1.165, 1.54) is 5.56 Å². The Bertz CT molecular complexity index is 555. The van der Waals surface area contributed by atoms with Crippen LogP contribution in [0.25, 0.3) is 0 Å². The molecule has 4 heteroatoms. The summed E-state index contributed by atoms with van der Waals surface area (Å²) in [5.41, 5.74) is 2.38. The van der Waals surface area contributed by atoms with E-state index in [1.54, 1.807) is 0 Å². The summed E-state index contributed by atoms with van der Waals surface area (Å²) in [5, 5.41) is 4.22. The maximum absolute atomic E-state index is 5.94. The van der Waals surface area contributed by atoms with Crippen LogP contribution >= 0.6 is 43.5 Å². The number of hydrogen-bond donors (Lipinski definition) is 1. The van der Waals surface area contributed by atoms with Crippen LogP contribution < -0.4 is 5.32 Å². The van der Waals surface area contributed by atoms with Crippen LogP contribution in [-0.4, -0.2) is 6.04 Å². The molecule has 0 radical (unpaired) electrons. The predicted octanol–water partition coefficient (Wildman–Crippen LogP) is 5.91. The molecule has 0 saturated carbocycles. The minimum atomic E-state index is 0.346. The van der Waals surface area contributed by atoms with E-state index in [1.807, 2.05) is 18.2 Å². The van der Waals surface area contributed by atoms with Crippen molar-refractivity contribution < 1.29 is 0 Å². The second-order valence-electron chi connectivity index (χ2n) is 4.50. The third kappa shape index (κ3) is 4.51. The van der Waals surface area contributed by atoms with Crippen LogP contribution in [0.4, 0.5) is 5.69 Å². The Morgan fingerprint density at radius 1 is 1.11 bits per heavy atom. The van der Waals surface area contributed by atoms with Crippen molar-refractivity contribution in [2.24, 2.45) is 0 Å². The van der Waals surface area contributed by atoms with Crippen molar-refractivity contribution in [3.05, 3.63) is 62.0 Å². The van der Waals surface area contributed by atoms with Gasteiger partial charge in [0.25, 0.3) is 0 Å². The summed E-state index contributed by atoms with van der Waals surface area (Å²) in [6.07, 6.45) is 0.975. The Morgan fingerprint density at radius 3 is 2.42 bits per heavy atom. The van der Waals surface area contributed by atoms with Crippen LogP contribution in [0, 0.1) is 0 Å². The molecular weight excluding hydrogens is 389 g/mol. The number of anilines is 1. The lowest BCUT2D eigenvalue weighted by atomic mass is 10.1. The van der Waals surface area contributed by atoms with Crippen molar-refractivity contribution >= 4 is 49.1 Å². The van der Waals surface area contributed by atoms with E-state index in [0.29, 0.717) is 6.04 Å². The van der Waals surface area contributed by atoms with Crippen molar-refractivity contribution in [1.82, 2.24) is 0 Å². The zero-order chi connectivity index (χ0) is 13.8. The van der Waals surface area contributed by atoms with Crippen molar-refractivity contribution in [1.29, 1.82) is 0 Å². The first-order chi connectivity index (χ1) is 9.04. The first-order valence-corrected chi connectivity index (χ1v) is 7.97. The van der Waals surface area contributed by atoms with E-state index in [0.717, 1.165) is 26.1 Å². The lowest BCUT2D eigenvalue weighted by Crippen LogP contribution is -2.18. The minimum absolute atomic E-state index is 0.346. The van der Waals surface area contributed by atoms with E-state index in [-0.39, 0.29) is 0 Å². The van der Waals surface area contributed by atoms with Crippen LogP contribution in [0.1, 0.15) is 12.5 Å². The van der Waals surface area contributed by atoms with E-state index in [4.69, 9.17) is 11.6 Å². The molecule has 0 amide bonds. The third-order valence-corrected chi connectivity index (χ3v) is 4.21. The Balaban J connectivity index is 2.01. The van der Waals surface area contributed by atoms with Gasteiger partial charge in [0.1, 0.15) is 0 Å². The third-order valence-electron chi connectivity index (χ3n) is 2.79. The van der Waals surface area contributed by atoms with Gasteiger partial charge in [-0.15, -0.1) is 0 Å². The van der Waals surface area contributed by atoms with Crippen LogP contribution in [0.5, 0.6) is 0 Å². The molecule has 2 aromatic carbocycles. The van der Waals surface area contributed by atoms with Gasteiger partial charge in [0.2, 0.25) is 0 Å². The lowest BCUT2D eigenvalue weighted by Gasteiger charge is -2.16. The maximum atomic E-state index is 5.94. The van der Waals surface area contributed by atoms with E-state index < -0.39 is 0 Å². The zero-order valence-electron chi connectivity index (χ0n) is 10.5. The molecule has 0 spiro atoms. The molecule has 100 valence electrons. The van der Waals surface area contributed by atoms with Crippen molar-refractivity contribution in [3.63, 3.8) is 0 Å². The van der Waals surface area contributed by atoms with Gasteiger partial charge < -0.3 is 5.32 Å². The number of halogens is 3. The standard InChI is InChI=1S/C15H14Br2ClN/c1-10(8-11-2-4-12(16)5-3-11)19-15-7-6-13(18)9-14(15)17/h2-7,9-10,19H,8H2,1H3. The fourth-order valence-corrected chi connectivity index (χ4v) is 2.96. The summed E-state index contributed by atoms with van der Waals surface area (Å²) in [6, 6.07) is 14.5. The number of benzene rings is 2. The Kier molecular flexibility index (Phi) is 5.31. The van der Waals surface area contributed by atoms with Crippen molar-refractivity contribution in [2.45, 2.75) is 19.4 Å². The Hall–Kier alpha value is -0.510. The van der Waals surface area contributed by atoms with E-state index >= 15 is 0 Å². The average Bonchev–Trinajstić information content (AvgIpc) is 2.36. The van der Waals surface area contributed by atoms with Crippen molar-refractivity contribution in [3.8, 4) is 0 Å². The first-order valence-electron chi connectivity index (χ1n) is 6.00. The van der Waals surface area contributed by atoms with E-state index in [2.05, 4.69) is 68.4 Å². The molecule has 0 aliphatic heterocycles. The molecule has 0 fully saturated rings. The van der Waals surface area contributed by atoms with Gasteiger partial charge >= 0.3 is 0 Å². The fraction of sp³-hybridized carbons (Fsp3) is 0.200. The molecule has 0 aromatic heterocycles. The average molecular weight is 404 g/mol. The van der Waals surface area contributed by atoms with Gasteiger partial charge in [-0.2, -0.15) is 0 Å². The molecule has 1 N–H and O–H groups in total. The summed E-state index contributed by atoms with van der Waals surface area (Å²) >= 11 is 12.9.